The van der Waals surface area contributed by atoms with Crippen LogP contribution < -0.4 is 4.74 Å². The summed E-state index contributed by atoms with van der Waals surface area (Å²) in [5.74, 6) is 0.281. The molecule has 3 rings (SSSR count). The quantitative estimate of drug-likeness (QED) is 0.541. The largest absolute Gasteiger partial charge is 0.416 e. The maximum Gasteiger partial charge on any atom is 0.416 e. The summed E-state index contributed by atoms with van der Waals surface area (Å²) in [6.45, 7) is 9.65. The zero-order valence-electron chi connectivity index (χ0n) is 16.8. The van der Waals surface area contributed by atoms with Crippen LogP contribution in [0.1, 0.15) is 29.1 Å². The molecule has 2 aromatic rings. The highest BCUT2D eigenvalue weighted by molar-refractivity contribution is 6.76. The van der Waals surface area contributed by atoms with Gasteiger partial charge in [-0.3, -0.25) is 9.69 Å². The van der Waals surface area contributed by atoms with E-state index in [1.54, 1.807) is 35.2 Å². The van der Waals surface area contributed by atoms with Crippen molar-refractivity contribution in [3.63, 3.8) is 0 Å². The summed E-state index contributed by atoms with van der Waals surface area (Å²) in [4.78, 5) is 31.0. The van der Waals surface area contributed by atoms with Crippen LogP contribution in [0.2, 0.25) is 25.7 Å². The van der Waals surface area contributed by atoms with Crippen LogP contribution in [0.25, 0.3) is 0 Å². The van der Waals surface area contributed by atoms with Gasteiger partial charge in [-0.15, -0.1) is 0 Å². The Kier molecular flexibility index (Phi) is 6.00. The van der Waals surface area contributed by atoms with E-state index in [0.29, 0.717) is 30.5 Å². The van der Waals surface area contributed by atoms with Crippen LogP contribution in [0.3, 0.4) is 0 Å². The van der Waals surface area contributed by atoms with Gasteiger partial charge >= 0.3 is 6.09 Å². The molecule has 28 heavy (non-hydrogen) atoms. The van der Waals surface area contributed by atoms with Gasteiger partial charge in [0.25, 0.3) is 0 Å². The number of aromatic nitrogens is 2. The molecule has 150 valence electrons. The van der Waals surface area contributed by atoms with E-state index in [4.69, 9.17) is 9.47 Å². The summed E-state index contributed by atoms with van der Waals surface area (Å²) < 4.78 is 12.9. The molecule has 1 aliphatic heterocycles. The average molecular weight is 402 g/mol. The van der Waals surface area contributed by atoms with E-state index in [2.05, 4.69) is 24.6 Å². The van der Waals surface area contributed by atoms with E-state index in [1.807, 2.05) is 13.0 Å². The van der Waals surface area contributed by atoms with Gasteiger partial charge in [-0.25, -0.2) is 9.78 Å². The lowest BCUT2D eigenvalue weighted by atomic mass is 10.0. The number of carbonyl (C=O) groups is 2. The van der Waals surface area contributed by atoms with E-state index in [1.165, 1.54) is 4.90 Å². The molecule has 0 spiro atoms. The molecule has 1 aromatic heterocycles. The highest BCUT2D eigenvalue weighted by Gasteiger charge is 2.37. The minimum absolute atomic E-state index is 0.0412. The molecular weight excluding hydrogens is 374 g/mol. The third-order valence-electron chi connectivity index (χ3n) is 4.72. The number of fused-ring (bicyclic) bond motifs is 1. The van der Waals surface area contributed by atoms with Crippen molar-refractivity contribution < 1.29 is 19.1 Å². The summed E-state index contributed by atoms with van der Waals surface area (Å²) in [7, 11) is -1.16. The first-order valence-electron chi connectivity index (χ1n) is 9.46. The number of rotatable bonds is 6. The van der Waals surface area contributed by atoms with E-state index < -0.39 is 14.2 Å². The van der Waals surface area contributed by atoms with E-state index >= 15 is 0 Å². The monoisotopic (exact) mass is 401 g/mol. The van der Waals surface area contributed by atoms with Crippen LogP contribution in [-0.4, -0.2) is 47.6 Å². The molecule has 1 unspecified atom stereocenters. The second-order valence-corrected chi connectivity index (χ2v) is 13.8. The number of ketones is 1. The lowest BCUT2D eigenvalue weighted by Crippen LogP contribution is -2.44. The van der Waals surface area contributed by atoms with Gasteiger partial charge in [-0.2, -0.15) is 0 Å². The van der Waals surface area contributed by atoms with E-state index in [-0.39, 0.29) is 18.4 Å². The molecule has 0 saturated carbocycles. The fourth-order valence-electron chi connectivity index (χ4n) is 3.03. The van der Waals surface area contributed by atoms with Crippen LogP contribution >= 0.6 is 0 Å². The molecule has 0 radical (unpaired) electrons. The Morgan fingerprint density at radius 3 is 2.64 bits per heavy atom. The first kappa shape index (κ1) is 20.3. The summed E-state index contributed by atoms with van der Waals surface area (Å²) in [5, 5.41) is 0. The third kappa shape index (κ3) is 4.69. The Morgan fingerprint density at radius 1 is 1.25 bits per heavy atom. The van der Waals surface area contributed by atoms with Gasteiger partial charge in [0.15, 0.2) is 0 Å². The van der Waals surface area contributed by atoms with Crippen molar-refractivity contribution in [2.45, 2.75) is 45.4 Å². The topological polar surface area (TPSA) is 73.7 Å². The molecule has 1 amide bonds. The highest BCUT2D eigenvalue weighted by Crippen LogP contribution is 2.29. The van der Waals surface area contributed by atoms with Gasteiger partial charge in [0.1, 0.15) is 18.2 Å². The summed E-state index contributed by atoms with van der Waals surface area (Å²) in [6, 6.07) is 9.53. The standard InChI is InChI=1S/C20H27N3O4Si/c1-15-18-19(22(13-21-18)14-26-10-11-28(2,3)4)17(24)12-23(15)20(25)27-16-8-6-5-7-9-16/h5-9,13,15H,10-12,14H2,1-4H3. The van der Waals surface area contributed by atoms with Gasteiger partial charge in [0.2, 0.25) is 5.78 Å². The second kappa shape index (κ2) is 8.28. The molecule has 0 bridgehead atoms. The van der Waals surface area contributed by atoms with Crippen LogP contribution in [-0.2, 0) is 11.5 Å². The first-order valence-corrected chi connectivity index (χ1v) is 13.2. The number of hydrogen-bond acceptors (Lipinski definition) is 5. The number of ether oxygens (including phenoxy) is 2. The normalized spacial score (nSPS) is 16.8. The van der Waals surface area contributed by atoms with Gasteiger partial charge in [-0.1, -0.05) is 37.8 Å². The third-order valence-corrected chi connectivity index (χ3v) is 6.42. The highest BCUT2D eigenvalue weighted by atomic mass is 28.3. The fraction of sp³-hybridized carbons (Fsp3) is 0.450. The minimum atomic E-state index is -1.16. The fourth-order valence-corrected chi connectivity index (χ4v) is 3.79. The number of hydrogen-bond donors (Lipinski definition) is 0. The molecule has 2 heterocycles. The van der Waals surface area contributed by atoms with Crippen LogP contribution in [0, 0.1) is 0 Å². The van der Waals surface area contributed by atoms with Gasteiger partial charge in [-0.05, 0) is 25.1 Å². The van der Waals surface area contributed by atoms with Crippen molar-refractivity contribution in [2.75, 3.05) is 13.2 Å². The maximum atomic E-state index is 12.7. The van der Waals surface area contributed by atoms with Crippen LogP contribution in [0.5, 0.6) is 5.75 Å². The number of carbonyl (C=O) groups excluding carboxylic acids is 2. The van der Waals surface area contributed by atoms with Crippen molar-refractivity contribution >= 4 is 20.0 Å². The summed E-state index contributed by atoms with van der Waals surface area (Å²) in [6.07, 6.45) is 1.05. The average Bonchev–Trinajstić information content (AvgIpc) is 3.07. The van der Waals surface area contributed by atoms with E-state index in [9.17, 15) is 9.59 Å². The molecular formula is C20H27N3O4Si. The Labute approximate surface area is 166 Å². The number of para-hydroxylation sites is 1. The molecule has 1 atom stereocenters. The van der Waals surface area contributed by atoms with Crippen molar-refractivity contribution in [3.05, 3.63) is 48.0 Å². The lowest BCUT2D eigenvalue weighted by molar-refractivity contribution is 0.0729. The number of amides is 1. The minimum Gasteiger partial charge on any atom is -0.410 e. The molecule has 0 saturated heterocycles. The van der Waals surface area contributed by atoms with Crippen LogP contribution in [0.4, 0.5) is 4.79 Å². The number of imidazole rings is 1. The zero-order chi connectivity index (χ0) is 20.3. The van der Waals surface area contributed by atoms with E-state index in [0.717, 1.165) is 6.04 Å². The molecule has 0 N–H and O–H groups in total. The van der Waals surface area contributed by atoms with Gasteiger partial charge in [0.05, 0.1) is 24.6 Å². The smallest absolute Gasteiger partial charge is 0.410 e. The molecule has 0 fully saturated rings. The van der Waals surface area contributed by atoms with Crippen molar-refractivity contribution in [3.8, 4) is 5.75 Å². The lowest BCUT2D eigenvalue weighted by Gasteiger charge is -2.31. The summed E-state index contributed by atoms with van der Waals surface area (Å²) in [5.41, 5.74) is 1.10. The molecule has 1 aromatic carbocycles. The van der Waals surface area contributed by atoms with Gasteiger partial charge < -0.3 is 14.0 Å². The molecule has 0 aliphatic carbocycles. The van der Waals surface area contributed by atoms with Crippen molar-refractivity contribution in [2.24, 2.45) is 0 Å². The maximum absolute atomic E-state index is 12.7. The Hall–Kier alpha value is -2.45. The number of Topliss-reactive ketones (excluding diaryl/α,β-unsaturated/α-hetero) is 1. The number of nitrogens with zero attached hydrogens (tertiary/aromatic N) is 3. The second-order valence-electron chi connectivity index (χ2n) is 8.20. The van der Waals surface area contributed by atoms with Gasteiger partial charge in [0, 0.05) is 14.7 Å². The Bertz CT molecular complexity index is 845. The van der Waals surface area contributed by atoms with Crippen molar-refractivity contribution in [1.82, 2.24) is 14.5 Å². The predicted octanol–water partition coefficient (Wildman–Crippen LogP) is 3.95. The SMILES string of the molecule is CC1c2ncn(COCC[Si](C)(C)C)c2C(=O)CN1C(=O)Oc1ccccc1. The van der Waals surface area contributed by atoms with Crippen LogP contribution in [0.15, 0.2) is 36.7 Å². The van der Waals surface area contributed by atoms with Crippen molar-refractivity contribution in [1.29, 1.82) is 0 Å². The Balaban J connectivity index is 1.67. The summed E-state index contributed by atoms with van der Waals surface area (Å²) >= 11 is 0. The zero-order valence-corrected chi connectivity index (χ0v) is 17.8. The number of benzene rings is 1. The molecule has 8 heteroatoms. The molecule has 7 nitrogen and oxygen atoms in total. The predicted molar refractivity (Wildman–Crippen MR) is 108 cm³/mol. The molecule has 1 aliphatic rings. The Morgan fingerprint density at radius 2 is 1.96 bits per heavy atom. The first-order chi connectivity index (χ1) is 13.3.